The first-order chi connectivity index (χ1) is 10.3. The molecule has 3 nitrogen and oxygen atoms in total. The van der Waals surface area contributed by atoms with Gasteiger partial charge in [0, 0.05) is 24.9 Å². The largest absolute Gasteiger partial charge is 0.328 e. The second-order valence-corrected chi connectivity index (χ2v) is 6.14. The van der Waals surface area contributed by atoms with Gasteiger partial charge in [-0.15, -0.1) is 0 Å². The van der Waals surface area contributed by atoms with Gasteiger partial charge >= 0.3 is 0 Å². The molecule has 1 aromatic carbocycles. The fourth-order valence-electron chi connectivity index (χ4n) is 3.20. The maximum Gasteiger partial charge on any atom is 0.109 e. The second-order valence-electron chi connectivity index (χ2n) is 6.14. The topological polar surface area (TPSA) is 29.9 Å². The van der Waals surface area contributed by atoms with E-state index in [1.807, 2.05) is 6.20 Å². The fraction of sp³-hybridized carbons (Fsp3) is 0.500. The van der Waals surface area contributed by atoms with Crippen LogP contribution in [0.2, 0.25) is 0 Å². The van der Waals surface area contributed by atoms with Crippen LogP contribution in [0.25, 0.3) is 0 Å². The number of hydrogen-bond acceptors (Lipinski definition) is 2. The maximum absolute atomic E-state index is 4.64. The van der Waals surface area contributed by atoms with Crippen LogP contribution < -0.4 is 5.32 Å². The van der Waals surface area contributed by atoms with Crippen LogP contribution in [-0.4, -0.2) is 22.6 Å². The molecule has 1 aliphatic heterocycles. The lowest BCUT2D eigenvalue weighted by atomic mass is 9.94. The van der Waals surface area contributed by atoms with Gasteiger partial charge < -0.3 is 9.88 Å². The average Bonchev–Trinajstić information content (AvgIpc) is 2.88. The molecule has 1 fully saturated rings. The molecule has 2 heterocycles. The predicted octanol–water partition coefficient (Wildman–Crippen LogP) is 3.17. The van der Waals surface area contributed by atoms with E-state index in [4.69, 9.17) is 0 Å². The molecule has 0 saturated carbocycles. The number of imidazole rings is 1. The summed E-state index contributed by atoms with van der Waals surface area (Å²) >= 11 is 0. The van der Waals surface area contributed by atoms with Crippen LogP contribution in [0.15, 0.2) is 36.5 Å². The number of hydrogen-bond donors (Lipinski definition) is 1. The highest BCUT2D eigenvalue weighted by Gasteiger charge is 2.15. The van der Waals surface area contributed by atoms with E-state index in [1.165, 1.54) is 49.4 Å². The summed E-state index contributed by atoms with van der Waals surface area (Å²) in [5.41, 5.74) is 2.61. The van der Waals surface area contributed by atoms with Crippen LogP contribution >= 0.6 is 0 Å². The van der Waals surface area contributed by atoms with E-state index in [2.05, 4.69) is 52.1 Å². The van der Waals surface area contributed by atoms with Gasteiger partial charge in [-0.05, 0) is 50.8 Å². The lowest BCUT2D eigenvalue weighted by Gasteiger charge is -2.22. The van der Waals surface area contributed by atoms with Gasteiger partial charge in [0.05, 0.1) is 0 Å². The smallest absolute Gasteiger partial charge is 0.109 e. The Morgan fingerprint density at radius 3 is 2.90 bits per heavy atom. The first-order valence-corrected chi connectivity index (χ1v) is 8.08. The molecule has 0 bridgehead atoms. The highest BCUT2D eigenvalue weighted by atomic mass is 15.1. The number of nitrogens with zero attached hydrogens (tertiary/aromatic N) is 2. The van der Waals surface area contributed by atoms with Gasteiger partial charge in [-0.2, -0.15) is 0 Å². The van der Waals surface area contributed by atoms with Gasteiger partial charge in [0.2, 0.25) is 0 Å². The molecular formula is C18H25N3. The van der Waals surface area contributed by atoms with Crippen molar-refractivity contribution in [1.29, 1.82) is 0 Å². The van der Waals surface area contributed by atoms with Gasteiger partial charge in [-0.1, -0.05) is 30.3 Å². The third-order valence-corrected chi connectivity index (χ3v) is 4.50. The number of benzene rings is 1. The van der Waals surface area contributed by atoms with E-state index in [0.29, 0.717) is 0 Å². The van der Waals surface area contributed by atoms with Gasteiger partial charge in [0.15, 0.2) is 0 Å². The van der Waals surface area contributed by atoms with E-state index in [9.17, 15) is 0 Å². The molecule has 1 atom stereocenters. The van der Waals surface area contributed by atoms with Crippen molar-refractivity contribution in [1.82, 2.24) is 14.9 Å². The Morgan fingerprint density at radius 1 is 1.29 bits per heavy atom. The van der Waals surface area contributed by atoms with Crippen LogP contribution in [-0.2, 0) is 13.0 Å². The molecule has 1 N–H and O–H groups in total. The monoisotopic (exact) mass is 283 g/mol. The van der Waals surface area contributed by atoms with E-state index in [0.717, 1.165) is 18.9 Å². The van der Waals surface area contributed by atoms with Crippen molar-refractivity contribution in [2.45, 2.75) is 39.2 Å². The third kappa shape index (κ3) is 3.73. The van der Waals surface area contributed by atoms with Crippen molar-refractivity contribution in [2.75, 3.05) is 13.1 Å². The first kappa shape index (κ1) is 14.3. The van der Waals surface area contributed by atoms with Gasteiger partial charge in [-0.25, -0.2) is 4.98 Å². The highest BCUT2D eigenvalue weighted by molar-refractivity contribution is 5.17. The zero-order chi connectivity index (χ0) is 14.5. The minimum Gasteiger partial charge on any atom is -0.328 e. The molecule has 1 unspecified atom stereocenters. The van der Waals surface area contributed by atoms with Crippen LogP contribution in [0.5, 0.6) is 0 Å². The molecule has 0 amide bonds. The number of nitrogens with one attached hydrogen (secondary N) is 1. The van der Waals surface area contributed by atoms with E-state index in [1.54, 1.807) is 0 Å². The van der Waals surface area contributed by atoms with Crippen molar-refractivity contribution < 1.29 is 0 Å². The summed E-state index contributed by atoms with van der Waals surface area (Å²) in [6.07, 6.45) is 7.04. The predicted molar refractivity (Wildman–Crippen MR) is 86.4 cm³/mol. The summed E-state index contributed by atoms with van der Waals surface area (Å²) in [5.74, 6) is 2.06. The van der Waals surface area contributed by atoms with Crippen LogP contribution in [0, 0.1) is 12.8 Å². The molecule has 3 rings (SSSR count). The van der Waals surface area contributed by atoms with Crippen molar-refractivity contribution in [3.63, 3.8) is 0 Å². The molecule has 3 heteroatoms. The molecule has 0 aliphatic carbocycles. The van der Waals surface area contributed by atoms with Gasteiger partial charge in [-0.3, -0.25) is 0 Å². The zero-order valence-electron chi connectivity index (χ0n) is 12.9. The summed E-state index contributed by atoms with van der Waals surface area (Å²) in [6, 6.07) is 10.7. The summed E-state index contributed by atoms with van der Waals surface area (Å²) in [5, 5.41) is 3.50. The number of piperidine rings is 1. The average molecular weight is 283 g/mol. The van der Waals surface area contributed by atoms with E-state index >= 15 is 0 Å². The number of rotatable bonds is 5. The molecule has 112 valence electrons. The Kier molecular flexibility index (Phi) is 4.71. The fourth-order valence-corrected chi connectivity index (χ4v) is 3.20. The number of aryl methyl sites for hydroxylation is 2. The van der Waals surface area contributed by atoms with E-state index < -0.39 is 0 Å². The highest BCUT2D eigenvalue weighted by Crippen LogP contribution is 2.18. The normalized spacial score (nSPS) is 18.8. The van der Waals surface area contributed by atoms with Gasteiger partial charge in [0.1, 0.15) is 5.82 Å². The van der Waals surface area contributed by atoms with E-state index in [-0.39, 0.29) is 0 Å². The minimum atomic E-state index is 0.820. The molecule has 1 aromatic heterocycles. The van der Waals surface area contributed by atoms with Crippen molar-refractivity contribution in [2.24, 2.45) is 5.92 Å². The summed E-state index contributed by atoms with van der Waals surface area (Å²) in [7, 11) is 0. The van der Waals surface area contributed by atoms with Crippen molar-refractivity contribution in [3.05, 3.63) is 53.6 Å². The summed E-state index contributed by atoms with van der Waals surface area (Å²) in [6.45, 7) is 5.46. The molecule has 1 saturated heterocycles. The van der Waals surface area contributed by atoms with Gasteiger partial charge in [0.25, 0.3) is 0 Å². The SMILES string of the molecule is Cc1cnc(CCC2CCCNC2)n1Cc1ccccc1. The molecule has 1 aliphatic rings. The lowest BCUT2D eigenvalue weighted by Crippen LogP contribution is -2.30. The molecule has 21 heavy (non-hydrogen) atoms. The first-order valence-electron chi connectivity index (χ1n) is 8.08. The number of aromatic nitrogens is 2. The van der Waals surface area contributed by atoms with Crippen LogP contribution in [0.1, 0.15) is 36.3 Å². The standard InChI is InChI=1S/C18H25N3/c1-15-12-20-18(10-9-16-8-5-11-19-13-16)21(15)14-17-6-3-2-4-7-17/h2-4,6-7,12,16,19H,5,8-11,13-14H2,1H3. The molecule has 0 radical (unpaired) electrons. The Bertz CT molecular complexity index is 553. The third-order valence-electron chi connectivity index (χ3n) is 4.50. The zero-order valence-corrected chi connectivity index (χ0v) is 12.9. The van der Waals surface area contributed by atoms with Crippen molar-refractivity contribution >= 4 is 0 Å². The Hall–Kier alpha value is -1.61. The Morgan fingerprint density at radius 2 is 2.14 bits per heavy atom. The Balaban J connectivity index is 1.65. The van der Waals surface area contributed by atoms with Crippen LogP contribution in [0.3, 0.4) is 0 Å². The maximum atomic E-state index is 4.64. The molecule has 0 spiro atoms. The molecule has 2 aromatic rings. The van der Waals surface area contributed by atoms with Crippen molar-refractivity contribution in [3.8, 4) is 0 Å². The Labute approximate surface area is 127 Å². The van der Waals surface area contributed by atoms with Crippen LogP contribution in [0.4, 0.5) is 0 Å². The lowest BCUT2D eigenvalue weighted by molar-refractivity contribution is 0.354. The second kappa shape index (κ2) is 6.90. The minimum absolute atomic E-state index is 0.820. The summed E-state index contributed by atoms with van der Waals surface area (Å²) in [4.78, 5) is 4.64. The summed E-state index contributed by atoms with van der Waals surface area (Å²) < 4.78 is 2.37. The molecular weight excluding hydrogens is 258 g/mol. The quantitative estimate of drug-likeness (QED) is 0.913.